The molecular weight excluding hydrogens is 256 g/mol. The van der Waals surface area contributed by atoms with Crippen molar-refractivity contribution in [1.29, 1.82) is 0 Å². The minimum Gasteiger partial charge on any atom is -1.00 e. The Kier molecular flexibility index (Phi) is 8.95. The fourth-order valence-electron chi connectivity index (χ4n) is 0.807. The molecule has 14 heavy (non-hydrogen) atoms. The molecule has 0 aliphatic rings. The van der Waals surface area contributed by atoms with Crippen LogP contribution in [0.2, 0.25) is 0 Å². The number of rotatable bonds is 1. The molecule has 0 N–H and O–H groups in total. The van der Waals surface area contributed by atoms with E-state index in [2.05, 4.69) is 10.7 Å². The predicted octanol–water partition coefficient (Wildman–Crippen LogP) is -1.97. The molecule has 0 atom stereocenters. The molecule has 0 fully saturated rings. The normalized spacial score (nSPS) is 7.43. The summed E-state index contributed by atoms with van der Waals surface area (Å²) in [6, 6.07) is 6.48. The van der Waals surface area contributed by atoms with E-state index < -0.39 is 0 Å². The summed E-state index contributed by atoms with van der Waals surface area (Å²) >= 11 is 0. The predicted molar refractivity (Wildman–Crippen MR) is 49.8 cm³/mol. The molecule has 0 spiro atoms. The van der Waals surface area contributed by atoms with Gasteiger partial charge in [0.05, 0.1) is 12.7 Å². The third-order valence-electron chi connectivity index (χ3n) is 1.45. The van der Waals surface area contributed by atoms with Crippen LogP contribution < -0.4 is 17.0 Å². The van der Waals surface area contributed by atoms with Crippen molar-refractivity contribution in [3.63, 3.8) is 0 Å². The van der Waals surface area contributed by atoms with E-state index in [0.29, 0.717) is 11.1 Å². The summed E-state index contributed by atoms with van der Waals surface area (Å²) in [7, 11) is 1.33. The van der Waals surface area contributed by atoms with Crippen LogP contribution in [0.5, 0.6) is 0 Å². The molecule has 68 valence electrons. The maximum absolute atomic E-state index is 10.9. The Balaban J connectivity index is 0. The van der Waals surface area contributed by atoms with Crippen LogP contribution >= 0.6 is 0 Å². The molecule has 1 rings (SSSR count). The van der Waals surface area contributed by atoms with Gasteiger partial charge in [-0.15, -0.1) is 17.7 Å². The second-order valence-electron chi connectivity index (χ2n) is 2.19. The van der Waals surface area contributed by atoms with Gasteiger partial charge in [0, 0.05) is 0 Å². The number of esters is 1. The van der Waals surface area contributed by atoms with Crippen LogP contribution in [0.3, 0.4) is 0 Å². The van der Waals surface area contributed by atoms with Crippen LogP contribution in [0.15, 0.2) is 24.3 Å². The second kappa shape index (κ2) is 7.86. The van der Waals surface area contributed by atoms with Gasteiger partial charge in [-0.3, -0.25) is 5.92 Å². The summed E-state index contributed by atoms with van der Waals surface area (Å²) in [5, 5.41) is 0. The van der Waals surface area contributed by atoms with Gasteiger partial charge in [-0.2, -0.15) is 0 Å². The maximum Gasteiger partial charge on any atom is 2.00 e. The summed E-state index contributed by atoms with van der Waals surface area (Å²) in [5.74, 6) is 1.84. The molecule has 0 aliphatic heterocycles. The van der Waals surface area contributed by atoms with Crippen LogP contribution in [0.25, 0.3) is 0 Å². The standard InChI is InChI=1S/C10H7O2.BrH.Mg/c1-3-8-4-6-9(7-5-8)10(11)12-2;;/h4-7H,2H3;1H;/q-1;;+2/p-1. The summed E-state index contributed by atoms with van der Waals surface area (Å²) in [4.78, 5) is 10.9. The van der Waals surface area contributed by atoms with Gasteiger partial charge in [0.15, 0.2) is 0 Å². The number of hydrogen-bond donors (Lipinski definition) is 0. The monoisotopic (exact) mass is 262 g/mol. The number of carbonyl (C=O) groups excluding carboxylic acids is 1. The third-order valence-corrected chi connectivity index (χ3v) is 1.45. The third kappa shape index (κ3) is 4.14. The first-order valence-electron chi connectivity index (χ1n) is 3.39. The van der Waals surface area contributed by atoms with Gasteiger partial charge in [-0.05, 0) is 0 Å². The number of hydrogen-bond acceptors (Lipinski definition) is 2. The molecule has 0 saturated heterocycles. The van der Waals surface area contributed by atoms with Gasteiger partial charge >= 0.3 is 29.0 Å². The van der Waals surface area contributed by atoms with Crippen molar-refractivity contribution in [2.45, 2.75) is 0 Å². The average Bonchev–Trinajstić information content (AvgIpc) is 2.17. The van der Waals surface area contributed by atoms with E-state index in [0.717, 1.165) is 0 Å². The molecule has 0 aromatic heterocycles. The summed E-state index contributed by atoms with van der Waals surface area (Å²) < 4.78 is 4.50. The fraction of sp³-hybridized carbons (Fsp3) is 0.100. The Morgan fingerprint density at radius 1 is 1.36 bits per heavy atom. The SMILES string of the molecule is [Br-].[C-]#Cc1ccc(C(=O)OC)cc1.[Mg+2]. The number of halogens is 1. The number of benzene rings is 1. The van der Waals surface area contributed by atoms with Crippen molar-refractivity contribution in [3.8, 4) is 5.92 Å². The van der Waals surface area contributed by atoms with E-state index in [9.17, 15) is 4.79 Å². The second-order valence-corrected chi connectivity index (χ2v) is 2.19. The van der Waals surface area contributed by atoms with Crippen LogP contribution in [0.4, 0.5) is 0 Å². The van der Waals surface area contributed by atoms with Crippen LogP contribution in [-0.4, -0.2) is 36.1 Å². The molecular formula is C10H7BrMgO2. The Morgan fingerprint density at radius 3 is 2.21 bits per heavy atom. The minimum atomic E-state index is -0.369. The number of methoxy groups -OCH3 is 1. The first-order chi connectivity index (χ1) is 5.77. The Morgan fingerprint density at radius 2 is 1.86 bits per heavy atom. The van der Waals surface area contributed by atoms with Crippen LogP contribution in [0, 0.1) is 12.3 Å². The van der Waals surface area contributed by atoms with E-state index in [1.165, 1.54) is 7.11 Å². The quantitative estimate of drug-likeness (QED) is 0.254. The van der Waals surface area contributed by atoms with Crippen molar-refractivity contribution in [1.82, 2.24) is 0 Å². The Hall–Kier alpha value is -0.504. The first kappa shape index (κ1) is 15.9. The van der Waals surface area contributed by atoms with Crippen molar-refractivity contribution in [3.05, 3.63) is 41.8 Å². The van der Waals surface area contributed by atoms with Crippen LogP contribution in [0.1, 0.15) is 15.9 Å². The number of carbonyl (C=O) groups is 1. The van der Waals surface area contributed by atoms with Crippen molar-refractivity contribution in [2.75, 3.05) is 7.11 Å². The molecule has 0 radical (unpaired) electrons. The van der Waals surface area contributed by atoms with Gasteiger partial charge in [0.1, 0.15) is 0 Å². The molecule has 0 saturated carbocycles. The molecule has 2 nitrogen and oxygen atoms in total. The van der Waals surface area contributed by atoms with Gasteiger partial charge in [-0.1, -0.05) is 12.1 Å². The fourth-order valence-corrected chi connectivity index (χ4v) is 0.807. The van der Waals surface area contributed by atoms with E-state index in [1.807, 2.05) is 0 Å². The van der Waals surface area contributed by atoms with Gasteiger partial charge in [0.2, 0.25) is 0 Å². The first-order valence-corrected chi connectivity index (χ1v) is 3.39. The molecule has 0 aliphatic carbocycles. The minimum absolute atomic E-state index is 0. The molecule has 0 heterocycles. The Bertz CT molecular complexity index is 327. The largest absolute Gasteiger partial charge is 2.00 e. The van der Waals surface area contributed by atoms with Crippen molar-refractivity contribution in [2.24, 2.45) is 0 Å². The van der Waals surface area contributed by atoms with Crippen molar-refractivity contribution < 1.29 is 26.5 Å². The summed E-state index contributed by atoms with van der Waals surface area (Å²) in [6.07, 6.45) is 6.80. The maximum atomic E-state index is 10.9. The average molecular weight is 263 g/mol. The van der Waals surface area contributed by atoms with E-state index in [4.69, 9.17) is 6.42 Å². The van der Waals surface area contributed by atoms with E-state index >= 15 is 0 Å². The molecule has 0 unspecified atom stereocenters. The smallest absolute Gasteiger partial charge is 1.00 e. The zero-order valence-electron chi connectivity index (χ0n) is 7.71. The molecule has 1 aromatic carbocycles. The molecule has 1 aromatic rings. The Labute approximate surface area is 110 Å². The van der Waals surface area contributed by atoms with Gasteiger partial charge in [-0.25, -0.2) is 4.79 Å². The topological polar surface area (TPSA) is 26.3 Å². The van der Waals surface area contributed by atoms with E-state index in [1.54, 1.807) is 24.3 Å². The summed E-state index contributed by atoms with van der Waals surface area (Å²) in [6.45, 7) is 0. The van der Waals surface area contributed by atoms with Crippen molar-refractivity contribution >= 4 is 29.0 Å². The number of ether oxygens (including phenoxy) is 1. The summed E-state index contributed by atoms with van der Waals surface area (Å²) in [5.41, 5.74) is 1.12. The van der Waals surface area contributed by atoms with Gasteiger partial charge < -0.3 is 28.1 Å². The molecule has 0 bridgehead atoms. The zero-order valence-corrected chi connectivity index (χ0v) is 10.7. The molecule has 4 heteroatoms. The molecule has 0 amide bonds. The van der Waals surface area contributed by atoms with E-state index in [-0.39, 0.29) is 46.0 Å². The van der Waals surface area contributed by atoms with Gasteiger partial charge in [0.25, 0.3) is 0 Å². The van der Waals surface area contributed by atoms with Crippen LogP contribution in [-0.2, 0) is 4.74 Å². The zero-order chi connectivity index (χ0) is 8.97.